The fourth-order valence-electron chi connectivity index (χ4n) is 1.45. The molecule has 0 aromatic carbocycles. The topological polar surface area (TPSA) is 204 Å². The number of carbonyl (C=O) groups is 4. The van der Waals surface area contributed by atoms with Crippen LogP contribution in [-0.2, 0) is 24.0 Å². The zero-order valence-corrected chi connectivity index (χ0v) is 12.1. The molecule has 22 heavy (non-hydrogen) atoms. The van der Waals surface area contributed by atoms with E-state index < -0.39 is 59.1 Å². The Labute approximate surface area is 129 Å². The third-order valence-corrected chi connectivity index (χ3v) is 3.99. The SMILES string of the molecule is NC(=O)C[C@H](N)C(=O)C(SC(CC(=O)O)C(=O)O)[C@H](N)[C]=O. The summed E-state index contributed by atoms with van der Waals surface area (Å²) < 4.78 is 0. The number of carbonyl (C=O) groups excluding carboxylic acids is 3. The molecule has 1 amide bonds. The molecule has 0 saturated carbocycles. The number of nitrogens with two attached hydrogens (primary N) is 3. The second-order valence-electron chi connectivity index (χ2n) is 4.30. The molecule has 0 heterocycles. The third-order valence-electron chi connectivity index (χ3n) is 2.48. The van der Waals surface area contributed by atoms with Crippen LogP contribution in [0.5, 0.6) is 0 Å². The molecular formula is C11H16N3O7S. The van der Waals surface area contributed by atoms with Crippen molar-refractivity contribution in [3.63, 3.8) is 0 Å². The average Bonchev–Trinajstić information content (AvgIpc) is 2.40. The Morgan fingerprint density at radius 1 is 1.09 bits per heavy atom. The van der Waals surface area contributed by atoms with Crippen LogP contribution in [0, 0.1) is 0 Å². The highest BCUT2D eigenvalue weighted by Gasteiger charge is 2.36. The number of hydrogen-bond donors (Lipinski definition) is 5. The molecule has 0 rings (SSSR count). The molecule has 1 radical (unpaired) electrons. The van der Waals surface area contributed by atoms with Crippen LogP contribution in [-0.4, -0.2) is 62.7 Å². The Morgan fingerprint density at radius 3 is 2.00 bits per heavy atom. The summed E-state index contributed by atoms with van der Waals surface area (Å²) in [7, 11) is 0. The zero-order chi connectivity index (χ0) is 17.4. The Balaban J connectivity index is 5.22. The summed E-state index contributed by atoms with van der Waals surface area (Å²) in [4.78, 5) is 55.1. The minimum atomic E-state index is -1.52. The summed E-state index contributed by atoms with van der Waals surface area (Å²) in [6, 6.07) is -2.90. The van der Waals surface area contributed by atoms with Crippen molar-refractivity contribution in [2.75, 3.05) is 0 Å². The van der Waals surface area contributed by atoms with Gasteiger partial charge in [0.2, 0.25) is 12.2 Å². The molecule has 0 bridgehead atoms. The highest BCUT2D eigenvalue weighted by molar-refractivity contribution is 8.02. The van der Waals surface area contributed by atoms with Gasteiger partial charge in [0.25, 0.3) is 0 Å². The van der Waals surface area contributed by atoms with Crippen LogP contribution in [0.15, 0.2) is 0 Å². The zero-order valence-electron chi connectivity index (χ0n) is 11.3. The summed E-state index contributed by atoms with van der Waals surface area (Å²) in [6.45, 7) is 0. The van der Waals surface area contributed by atoms with Gasteiger partial charge >= 0.3 is 11.9 Å². The van der Waals surface area contributed by atoms with Gasteiger partial charge < -0.3 is 27.4 Å². The van der Waals surface area contributed by atoms with Crippen molar-refractivity contribution in [2.45, 2.75) is 35.4 Å². The Hall–Kier alpha value is -1.98. The number of amides is 1. The van der Waals surface area contributed by atoms with Gasteiger partial charge in [0.05, 0.1) is 23.8 Å². The van der Waals surface area contributed by atoms with Crippen LogP contribution < -0.4 is 17.2 Å². The van der Waals surface area contributed by atoms with Crippen LogP contribution in [0.25, 0.3) is 0 Å². The van der Waals surface area contributed by atoms with Crippen molar-refractivity contribution < 1.29 is 34.2 Å². The lowest BCUT2D eigenvalue weighted by molar-refractivity contribution is -0.143. The fraction of sp³-hybridized carbons (Fsp3) is 0.545. The van der Waals surface area contributed by atoms with E-state index in [9.17, 15) is 24.0 Å². The van der Waals surface area contributed by atoms with Crippen LogP contribution in [0.3, 0.4) is 0 Å². The standard InChI is InChI=1S/C11H16N3O7S/c12-4(1-7(14)16)9(19)10(5(13)3-15)22-6(11(20)21)2-8(17)18/h4-6,10H,1-2,12-13H2,(H2,14,16)(H,17,18)(H,20,21)/t4-,5+,6?,10?/m0/s1. The van der Waals surface area contributed by atoms with E-state index in [1.807, 2.05) is 0 Å². The first kappa shape index (κ1) is 20.0. The van der Waals surface area contributed by atoms with Gasteiger partial charge in [-0.15, -0.1) is 11.8 Å². The molecule has 0 aliphatic heterocycles. The largest absolute Gasteiger partial charge is 0.481 e. The molecule has 2 unspecified atom stereocenters. The molecule has 123 valence electrons. The number of ketones is 1. The van der Waals surface area contributed by atoms with E-state index in [2.05, 4.69) is 0 Å². The maximum absolute atomic E-state index is 12.1. The lowest BCUT2D eigenvalue weighted by atomic mass is 10.0. The molecule has 0 spiro atoms. The maximum Gasteiger partial charge on any atom is 0.317 e. The molecule has 0 fully saturated rings. The van der Waals surface area contributed by atoms with Gasteiger partial charge in [0.15, 0.2) is 5.78 Å². The lowest BCUT2D eigenvalue weighted by Crippen LogP contribution is -2.49. The Kier molecular flexibility index (Phi) is 8.30. The average molecular weight is 334 g/mol. The highest BCUT2D eigenvalue weighted by atomic mass is 32.2. The molecule has 8 N–H and O–H groups in total. The first-order chi connectivity index (χ1) is 10.1. The lowest BCUT2D eigenvalue weighted by Gasteiger charge is -2.23. The third kappa shape index (κ3) is 6.65. The minimum absolute atomic E-state index is 0.373. The molecule has 0 aromatic rings. The summed E-state index contributed by atoms with van der Waals surface area (Å²) in [5.41, 5.74) is 15.7. The van der Waals surface area contributed by atoms with E-state index in [1.165, 1.54) is 6.29 Å². The number of Topliss-reactive ketones (excluding diaryl/α,β-unsaturated/α-hetero) is 1. The molecule has 11 heteroatoms. The van der Waals surface area contributed by atoms with Crippen molar-refractivity contribution in [1.29, 1.82) is 0 Å². The first-order valence-corrected chi connectivity index (χ1v) is 6.85. The summed E-state index contributed by atoms with van der Waals surface area (Å²) >= 11 is 0.373. The molecule has 10 nitrogen and oxygen atoms in total. The van der Waals surface area contributed by atoms with Gasteiger partial charge in [-0.05, 0) is 0 Å². The number of carboxylic acids is 2. The van der Waals surface area contributed by atoms with E-state index in [0.717, 1.165) is 0 Å². The quantitative estimate of drug-likeness (QED) is 0.263. The number of rotatable bonds is 11. The summed E-state index contributed by atoms with van der Waals surface area (Å²) in [5.74, 6) is -4.65. The molecule has 0 aliphatic carbocycles. The van der Waals surface area contributed by atoms with Crippen molar-refractivity contribution in [3.8, 4) is 0 Å². The normalized spacial score (nSPS) is 16.1. The van der Waals surface area contributed by atoms with Crippen LogP contribution >= 0.6 is 11.8 Å². The number of aliphatic carboxylic acids is 2. The number of primary amides is 1. The van der Waals surface area contributed by atoms with Crippen LogP contribution in [0.2, 0.25) is 0 Å². The number of thioether (sulfide) groups is 1. The maximum atomic E-state index is 12.1. The predicted octanol–water partition coefficient (Wildman–Crippen LogP) is -2.78. The molecule has 0 aromatic heterocycles. The van der Waals surface area contributed by atoms with E-state index in [1.54, 1.807) is 0 Å². The second-order valence-corrected chi connectivity index (χ2v) is 5.65. The van der Waals surface area contributed by atoms with E-state index in [0.29, 0.717) is 11.8 Å². The van der Waals surface area contributed by atoms with Crippen molar-refractivity contribution >= 4 is 41.7 Å². The fourth-order valence-corrected chi connectivity index (χ4v) is 2.69. The highest BCUT2D eigenvalue weighted by Crippen LogP contribution is 2.24. The Bertz CT molecular complexity index is 471. The first-order valence-electron chi connectivity index (χ1n) is 5.91. The van der Waals surface area contributed by atoms with Crippen molar-refractivity contribution in [1.82, 2.24) is 0 Å². The predicted molar refractivity (Wildman–Crippen MR) is 75.5 cm³/mol. The smallest absolute Gasteiger partial charge is 0.317 e. The number of carboxylic acid groups (broad SMARTS) is 2. The van der Waals surface area contributed by atoms with Gasteiger partial charge in [-0.2, -0.15) is 0 Å². The van der Waals surface area contributed by atoms with Crippen LogP contribution in [0.1, 0.15) is 12.8 Å². The molecule has 4 atom stereocenters. The Morgan fingerprint density at radius 2 is 1.64 bits per heavy atom. The van der Waals surface area contributed by atoms with Crippen molar-refractivity contribution in [3.05, 3.63) is 0 Å². The van der Waals surface area contributed by atoms with E-state index >= 15 is 0 Å². The van der Waals surface area contributed by atoms with E-state index in [4.69, 9.17) is 27.4 Å². The van der Waals surface area contributed by atoms with Crippen molar-refractivity contribution in [2.24, 2.45) is 17.2 Å². The minimum Gasteiger partial charge on any atom is -0.481 e. The summed E-state index contributed by atoms with van der Waals surface area (Å²) in [5, 5.41) is 14.6. The van der Waals surface area contributed by atoms with Gasteiger partial charge in [-0.25, -0.2) is 0 Å². The van der Waals surface area contributed by atoms with Gasteiger partial charge in [0, 0.05) is 6.42 Å². The molecule has 0 saturated heterocycles. The number of hydrogen-bond acceptors (Lipinski definition) is 8. The van der Waals surface area contributed by atoms with Gasteiger partial charge in [0.1, 0.15) is 5.25 Å². The second kappa shape index (κ2) is 9.12. The van der Waals surface area contributed by atoms with Gasteiger partial charge in [-0.1, -0.05) is 0 Å². The van der Waals surface area contributed by atoms with Gasteiger partial charge in [-0.3, -0.25) is 24.0 Å². The molecule has 0 aliphatic rings. The summed E-state index contributed by atoms with van der Waals surface area (Å²) in [6.07, 6.45) is 0.0188. The monoisotopic (exact) mass is 334 g/mol. The van der Waals surface area contributed by atoms with Crippen LogP contribution in [0.4, 0.5) is 0 Å². The molecular weight excluding hydrogens is 318 g/mol. The van der Waals surface area contributed by atoms with E-state index in [-0.39, 0.29) is 0 Å².